The van der Waals surface area contributed by atoms with Crippen molar-refractivity contribution < 1.29 is 4.79 Å². The largest absolute Gasteiger partial charge is 0.365 e. The lowest BCUT2D eigenvalue weighted by Gasteiger charge is -1.96. The molecule has 2 aromatic rings. The van der Waals surface area contributed by atoms with E-state index in [0.29, 0.717) is 11.8 Å². The summed E-state index contributed by atoms with van der Waals surface area (Å²) < 4.78 is 0. The number of nitrogens with zero attached hydrogens (tertiary/aromatic N) is 2. The summed E-state index contributed by atoms with van der Waals surface area (Å²) in [6, 6.07) is 9.57. The molecule has 0 saturated heterocycles. The van der Waals surface area contributed by atoms with E-state index in [1.54, 1.807) is 17.4 Å². The molecule has 0 aliphatic heterocycles. The van der Waals surface area contributed by atoms with E-state index in [1.807, 2.05) is 30.6 Å². The van der Waals surface area contributed by atoms with Crippen LogP contribution in [-0.2, 0) is 4.79 Å². The zero-order chi connectivity index (χ0) is 14.1. The van der Waals surface area contributed by atoms with Gasteiger partial charge in [0.25, 0.3) is 0 Å². The summed E-state index contributed by atoms with van der Waals surface area (Å²) in [5, 5.41) is 14.6. The molecule has 6 heteroatoms. The fourth-order valence-electron chi connectivity index (χ4n) is 1.27. The molecule has 0 saturated carbocycles. The molecule has 0 radical (unpaired) electrons. The van der Waals surface area contributed by atoms with Crippen LogP contribution in [0.15, 0.2) is 29.6 Å². The molecule has 1 aromatic heterocycles. The van der Waals surface area contributed by atoms with Gasteiger partial charge in [-0.2, -0.15) is 5.26 Å². The second kappa shape index (κ2) is 7.97. The molecule has 0 spiro atoms. The van der Waals surface area contributed by atoms with Crippen LogP contribution in [0, 0.1) is 11.3 Å². The Morgan fingerprint density at radius 2 is 2.32 bits per heavy atom. The smallest absolute Gasteiger partial charge is 0.182 e. The van der Waals surface area contributed by atoms with Gasteiger partial charge in [-0.25, -0.2) is 4.98 Å². The molecule has 0 aliphatic carbocycles. The summed E-state index contributed by atoms with van der Waals surface area (Å²) in [4.78, 5) is 13.4. The maximum atomic E-state index is 9.05. The van der Waals surface area contributed by atoms with Crippen molar-refractivity contribution >= 4 is 22.8 Å². The fraction of sp³-hybridized carbons (Fsp3) is 0.154. The van der Waals surface area contributed by atoms with Crippen LogP contribution < -0.4 is 11.1 Å². The number of nitriles is 1. The minimum Gasteiger partial charge on any atom is -0.365 e. The standard InChI is InChI=1S/C11H9N3S.C2H5NO/c1-13-11-14-10(7-15-11)9-4-2-3-8(5-9)6-12;3-1-2-4/h2-5,7H,1H3,(H,13,14);2H,1,3H2. The van der Waals surface area contributed by atoms with E-state index in [2.05, 4.69) is 22.1 Å². The number of thiazole rings is 1. The molecule has 1 aromatic carbocycles. The van der Waals surface area contributed by atoms with Gasteiger partial charge in [-0.3, -0.25) is 0 Å². The van der Waals surface area contributed by atoms with Crippen molar-refractivity contribution in [3.63, 3.8) is 0 Å². The summed E-state index contributed by atoms with van der Waals surface area (Å²) in [7, 11) is 1.84. The van der Waals surface area contributed by atoms with Crippen molar-refractivity contribution in [2.24, 2.45) is 5.73 Å². The summed E-state index contributed by atoms with van der Waals surface area (Å²) in [5.41, 5.74) is 7.20. The third-order valence-electron chi connectivity index (χ3n) is 2.10. The van der Waals surface area contributed by atoms with Crippen molar-refractivity contribution in [3.8, 4) is 17.3 Å². The lowest BCUT2D eigenvalue weighted by atomic mass is 10.1. The third kappa shape index (κ3) is 4.50. The van der Waals surface area contributed by atoms with Gasteiger partial charge in [0.1, 0.15) is 6.29 Å². The fourth-order valence-corrected chi connectivity index (χ4v) is 1.95. The molecule has 98 valence electrons. The number of carbonyl (C=O) groups is 1. The summed E-state index contributed by atoms with van der Waals surface area (Å²) >= 11 is 1.55. The highest BCUT2D eigenvalue weighted by Gasteiger charge is 2.03. The van der Waals surface area contributed by atoms with Gasteiger partial charge in [0, 0.05) is 24.5 Å². The molecule has 2 rings (SSSR count). The van der Waals surface area contributed by atoms with Gasteiger partial charge in [-0.15, -0.1) is 11.3 Å². The van der Waals surface area contributed by atoms with Crippen LogP contribution in [0.4, 0.5) is 5.13 Å². The summed E-state index contributed by atoms with van der Waals surface area (Å²) in [6.45, 7) is 0.139. The highest BCUT2D eigenvalue weighted by Crippen LogP contribution is 2.24. The maximum Gasteiger partial charge on any atom is 0.182 e. The Balaban J connectivity index is 0.000000399. The van der Waals surface area contributed by atoms with Crippen LogP contribution in [0.2, 0.25) is 0 Å². The van der Waals surface area contributed by atoms with Crippen molar-refractivity contribution in [2.45, 2.75) is 0 Å². The first-order valence-corrected chi connectivity index (χ1v) is 6.40. The Hall–Kier alpha value is -2.23. The normalized spacial score (nSPS) is 8.89. The van der Waals surface area contributed by atoms with E-state index in [4.69, 9.17) is 10.1 Å². The predicted molar refractivity (Wildman–Crippen MR) is 76.9 cm³/mol. The Labute approximate surface area is 115 Å². The van der Waals surface area contributed by atoms with Crippen molar-refractivity contribution in [3.05, 3.63) is 35.2 Å². The number of nitrogens with one attached hydrogen (secondary N) is 1. The van der Waals surface area contributed by atoms with Crippen LogP contribution >= 0.6 is 11.3 Å². The molecule has 0 atom stereocenters. The number of carbonyl (C=O) groups excluding carboxylic acids is 1. The highest BCUT2D eigenvalue weighted by atomic mass is 32.1. The zero-order valence-electron chi connectivity index (χ0n) is 10.5. The second-order valence-electron chi connectivity index (χ2n) is 3.38. The molecule has 1 heterocycles. The SMILES string of the molecule is CNc1nc(-c2cccc(C#N)c2)cs1.NCC=O. The number of aromatic nitrogens is 1. The molecule has 0 fully saturated rings. The van der Waals surface area contributed by atoms with E-state index in [0.717, 1.165) is 16.4 Å². The Morgan fingerprint density at radius 3 is 2.84 bits per heavy atom. The molecule has 5 nitrogen and oxygen atoms in total. The molecule has 0 amide bonds. The van der Waals surface area contributed by atoms with E-state index >= 15 is 0 Å². The first kappa shape index (κ1) is 14.8. The maximum absolute atomic E-state index is 9.05. The van der Waals surface area contributed by atoms with Crippen LogP contribution in [-0.4, -0.2) is 24.9 Å². The van der Waals surface area contributed by atoms with Crippen molar-refractivity contribution in [2.75, 3.05) is 18.9 Å². The number of rotatable bonds is 3. The van der Waals surface area contributed by atoms with E-state index in [9.17, 15) is 0 Å². The molecule has 0 unspecified atom stereocenters. The number of aldehydes is 1. The topological polar surface area (TPSA) is 91.8 Å². The van der Waals surface area contributed by atoms with Gasteiger partial charge in [-0.05, 0) is 12.1 Å². The minimum absolute atomic E-state index is 0.139. The second-order valence-corrected chi connectivity index (χ2v) is 4.24. The Morgan fingerprint density at radius 1 is 1.58 bits per heavy atom. The van der Waals surface area contributed by atoms with Crippen molar-refractivity contribution in [1.29, 1.82) is 5.26 Å². The number of hydrogen-bond acceptors (Lipinski definition) is 6. The predicted octanol–water partition coefficient (Wildman–Crippen LogP) is 1.87. The van der Waals surface area contributed by atoms with Crippen LogP contribution in [0.5, 0.6) is 0 Å². The molecule has 0 aliphatic rings. The third-order valence-corrected chi connectivity index (χ3v) is 2.96. The van der Waals surface area contributed by atoms with Crippen molar-refractivity contribution in [1.82, 2.24) is 4.98 Å². The lowest BCUT2D eigenvalue weighted by molar-refractivity contribution is -0.106. The Kier molecular flexibility index (Phi) is 6.22. The van der Waals surface area contributed by atoms with Crippen LogP contribution in [0.25, 0.3) is 11.3 Å². The Bertz CT molecular complexity index is 574. The van der Waals surface area contributed by atoms with E-state index in [1.165, 1.54) is 0 Å². The molecule has 3 N–H and O–H groups in total. The number of anilines is 1. The van der Waals surface area contributed by atoms with Crippen LogP contribution in [0.3, 0.4) is 0 Å². The van der Waals surface area contributed by atoms with Gasteiger partial charge in [0.05, 0.1) is 17.3 Å². The molecular weight excluding hydrogens is 260 g/mol. The molecule has 19 heavy (non-hydrogen) atoms. The highest BCUT2D eigenvalue weighted by molar-refractivity contribution is 7.14. The lowest BCUT2D eigenvalue weighted by Crippen LogP contribution is -1.97. The number of benzene rings is 1. The van der Waals surface area contributed by atoms with Gasteiger partial charge < -0.3 is 15.8 Å². The quantitative estimate of drug-likeness (QED) is 0.834. The summed E-state index contributed by atoms with van der Waals surface area (Å²) in [5.74, 6) is 0. The minimum atomic E-state index is 0.139. The van der Waals surface area contributed by atoms with Crippen LogP contribution in [0.1, 0.15) is 5.56 Å². The average Bonchev–Trinajstić information content (AvgIpc) is 2.96. The first-order valence-electron chi connectivity index (χ1n) is 5.52. The van der Waals surface area contributed by atoms with Gasteiger partial charge >= 0.3 is 0 Å². The van der Waals surface area contributed by atoms with Gasteiger partial charge in [0.2, 0.25) is 0 Å². The molecular formula is C13H14N4OS. The van der Waals surface area contributed by atoms with E-state index in [-0.39, 0.29) is 6.54 Å². The number of nitrogens with two attached hydrogens (primary N) is 1. The van der Waals surface area contributed by atoms with Gasteiger partial charge in [-0.1, -0.05) is 12.1 Å². The van der Waals surface area contributed by atoms with E-state index < -0.39 is 0 Å². The molecule has 0 bridgehead atoms. The summed E-state index contributed by atoms with van der Waals surface area (Å²) in [6.07, 6.45) is 0.653. The van der Waals surface area contributed by atoms with Gasteiger partial charge in [0.15, 0.2) is 5.13 Å². The monoisotopic (exact) mass is 274 g/mol. The average molecular weight is 274 g/mol. The zero-order valence-corrected chi connectivity index (χ0v) is 11.3. The number of hydrogen-bond donors (Lipinski definition) is 2. The first-order chi connectivity index (χ1) is 9.24.